The zero-order valence-electron chi connectivity index (χ0n) is 7.63. The first kappa shape index (κ1) is 10.2. The maximum absolute atomic E-state index is 11.6. The van der Waals surface area contributed by atoms with Crippen molar-refractivity contribution in [3.05, 3.63) is 0 Å². The molecular weight excluding hydrogens is 222 g/mol. The highest BCUT2D eigenvalue weighted by atomic mass is 32.2. The normalized spacial score (nSPS) is 29.1. The molecule has 0 bridgehead atoms. The second kappa shape index (κ2) is 3.38. The molecule has 0 aliphatic carbocycles. The lowest BCUT2D eigenvalue weighted by Crippen LogP contribution is -2.62. The first-order valence-corrected chi connectivity index (χ1v) is 5.42. The summed E-state index contributed by atoms with van der Waals surface area (Å²) < 4.78 is 0. The predicted octanol–water partition coefficient (Wildman–Crippen LogP) is -0.283. The molecule has 1 atom stereocenters. The quantitative estimate of drug-likeness (QED) is 0.425. The highest BCUT2D eigenvalue weighted by Gasteiger charge is 2.55. The van der Waals surface area contributed by atoms with Gasteiger partial charge in [-0.15, -0.1) is 0 Å². The molecule has 15 heavy (non-hydrogen) atoms. The third-order valence-electron chi connectivity index (χ3n) is 2.48. The van der Waals surface area contributed by atoms with Crippen LogP contribution in [-0.4, -0.2) is 50.1 Å². The van der Waals surface area contributed by atoms with Gasteiger partial charge >= 0.3 is 6.09 Å². The highest BCUT2D eigenvalue weighted by molar-refractivity contribution is 7.99. The minimum Gasteiger partial charge on any atom is -0.463 e. The van der Waals surface area contributed by atoms with Crippen LogP contribution in [0.4, 0.5) is 4.79 Å². The zero-order valence-corrected chi connectivity index (χ0v) is 8.45. The van der Waals surface area contributed by atoms with Crippen LogP contribution in [0.5, 0.6) is 0 Å². The van der Waals surface area contributed by atoms with Crippen LogP contribution in [0.1, 0.15) is 6.42 Å². The second-order valence-electron chi connectivity index (χ2n) is 3.26. The number of thioether (sulfide) groups is 1. The van der Waals surface area contributed by atoms with Crippen molar-refractivity contribution < 1.29 is 19.9 Å². The van der Waals surface area contributed by atoms with Crippen LogP contribution in [0.25, 0.3) is 0 Å². The molecule has 82 valence electrons. The number of carboxylic acid groups (broad SMARTS) is 1. The van der Waals surface area contributed by atoms with E-state index in [1.54, 1.807) is 0 Å². The van der Waals surface area contributed by atoms with Crippen molar-refractivity contribution in [2.24, 2.45) is 5.10 Å². The van der Waals surface area contributed by atoms with Crippen molar-refractivity contribution in [1.29, 1.82) is 0 Å². The van der Waals surface area contributed by atoms with Crippen LogP contribution in [-0.2, 0) is 4.79 Å². The minimum absolute atomic E-state index is 0.0559. The Morgan fingerprint density at radius 1 is 1.67 bits per heavy atom. The van der Waals surface area contributed by atoms with Gasteiger partial charge in [-0.1, -0.05) is 0 Å². The van der Waals surface area contributed by atoms with Crippen LogP contribution in [0.2, 0.25) is 0 Å². The third-order valence-corrected chi connectivity index (χ3v) is 3.60. The molecule has 8 heteroatoms. The van der Waals surface area contributed by atoms with Gasteiger partial charge in [0.2, 0.25) is 5.54 Å². The summed E-state index contributed by atoms with van der Waals surface area (Å²) in [6.45, 7) is 0. The van der Waals surface area contributed by atoms with Gasteiger partial charge in [0.15, 0.2) is 0 Å². The van der Waals surface area contributed by atoms with Gasteiger partial charge in [-0.05, 0) is 12.2 Å². The number of hydrogen-bond acceptors (Lipinski definition) is 5. The van der Waals surface area contributed by atoms with Crippen molar-refractivity contribution in [1.82, 2.24) is 10.5 Å². The van der Waals surface area contributed by atoms with Gasteiger partial charge in [-0.25, -0.2) is 10.2 Å². The van der Waals surface area contributed by atoms with E-state index in [2.05, 4.69) is 10.5 Å². The molecule has 1 saturated heterocycles. The molecule has 0 aromatic carbocycles. The summed E-state index contributed by atoms with van der Waals surface area (Å²) in [5, 5.41) is 22.0. The van der Waals surface area contributed by atoms with E-state index in [4.69, 9.17) is 5.11 Å². The first-order chi connectivity index (χ1) is 7.09. The first-order valence-electron chi connectivity index (χ1n) is 4.26. The van der Waals surface area contributed by atoms with Gasteiger partial charge in [0.05, 0.1) is 5.71 Å². The summed E-state index contributed by atoms with van der Waals surface area (Å²) in [7, 11) is 0. The number of carbonyl (C=O) groups is 2. The van der Waals surface area contributed by atoms with E-state index in [9.17, 15) is 14.8 Å². The number of fused-ring (bicyclic) bond motifs is 1. The molecule has 1 fully saturated rings. The van der Waals surface area contributed by atoms with Crippen LogP contribution in [0.15, 0.2) is 5.10 Å². The fourth-order valence-corrected chi connectivity index (χ4v) is 2.87. The summed E-state index contributed by atoms with van der Waals surface area (Å²) in [5.41, 5.74) is 1.08. The van der Waals surface area contributed by atoms with Gasteiger partial charge in [0.25, 0.3) is 5.91 Å². The number of hydrazone groups is 1. The standard InChI is InChI=1S/C7H9N3O4S/c11-5-7(10(14)6(12)13)3-15-2-1-4(7)8-9-5/h14H,1-3H2,(H,9,11)(H,12,13). The molecule has 2 aliphatic heterocycles. The Morgan fingerprint density at radius 3 is 3.07 bits per heavy atom. The van der Waals surface area contributed by atoms with E-state index in [0.717, 1.165) is 5.75 Å². The van der Waals surface area contributed by atoms with E-state index < -0.39 is 17.5 Å². The summed E-state index contributed by atoms with van der Waals surface area (Å²) in [6, 6.07) is 0. The largest absolute Gasteiger partial charge is 0.463 e. The Morgan fingerprint density at radius 2 is 2.40 bits per heavy atom. The number of rotatable bonds is 1. The lowest BCUT2D eigenvalue weighted by atomic mass is 9.93. The molecular formula is C7H9N3O4S. The molecule has 0 aromatic heterocycles. The number of hydroxylamine groups is 2. The van der Waals surface area contributed by atoms with Crippen molar-refractivity contribution in [2.45, 2.75) is 12.0 Å². The SMILES string of the molecule is O=C(O)N(O)C12CSCCC1=NNC2=O. The summed E-state index contributed by atoms with van der Waals surface area (Å²) in [5.74, 6) is 0.373. The monoisotopic (exact) mass is 231 g/mol. The molecule has 0 radical (unpaired) electrons. The van der Waals surface area contributed by atoms with Gasteiger partial charge < -0.3 is 5.11 Å². The lowest BCUT2D eigenvalue weighted by Gasteiger charge is -2.35. The molecule has 7 nitrogen and oxygen atoms in total. The van der Waals surface area contributed by atoms with Crippen LogP contribution in [0, 0.1) is 0 Å². The second-order valence-corrected chi connectivity index (χ2v) is 4.36. The van der Waals surface area contributed by atoms with Crippen LogP contribution in [0.3, 0.4) is 0 Å². The van der Waals surface area contributed by atoms with E-state index in [1.807, 2.05) is 0 Å². The number of amides is 2. The Hall–Kier alpha value is -1.28. The average molecular weight is 231 g/mol. The number of hydrogen-bond donors (Lipinski definition) is 3. The van der Waals surface area contributed by atoms with Crippen LogP contribution < -0.4 is 5.43 Å². The number of nitrogens with zero attached hydrogens (tertiary/aromatic N) is 2. The Labute approximate surface area is 89.1 Å². The molecule has 2 heterocycles. The third kappa shape index (κ3) is 1.29. The summed E-state index contributed by atoms with van der Waals surface area (Å²) in [4.78, 5) is 22.3. The molecule has 2 aliphatic rings. The average Bonchev–Trinajstić information content (AvgIpc) is 2.57. The number of nitrogens with one attached hydrogen (secondary N) is 1. The Bertz CT molecular complexity index is 358. The molecule has 0 aromatic rings. The van der Waals surface area contributed by atoms with Crippen molar-refractivity contribution in [3.63, 3.8) is 0 Å². The van der Waals surface area contributed by atoms with E-state index in [1.165, 1.54) is 11.8 Å². The molecule has 0 saturated carbocycles. The summed E-state index contributed by atoms with van der Waals surface area (Å²) >= 11 is 1.41. The van der Waals surface area contributed by atoms with Crippen molar-refractivity contribution >= 4 is 29.5 Å². The smallest absolute Gasteiger partial charge is 0.432 e. The van der Waals surface area contributed by atoms with Gasteiger partial charge in [-0.2, -0.15) is 21.9 Å². The van der Waals surface area contributed by atoms with Crippen molar-refractivity contribution in [2.75, 3.05) is 11.5 Å². The lowest BCUT2D eigenvalue weighted by molar-refractivity contribution is -0.148. The predicted molar refractivity (Wildman–Crippen MR) is 51.9 cm³/mol. The van der Waals surface area contributed by atoms with E-state index in [0.29, 0.717) is 12.1 Å². The molecule has 1 unspecified atom stereocenters. The minimum atomic E-state index is -1.55. The molecule has 2 amide bonds. The fraction of sp³-hybridized carbons (Fsp3) is 0.571. The van der Waals surface area contributed by atoms with Crippen molar-refractivity contribution in [3.8, 4) is 0 Å². The topological polar surface area (TPSA) is 102 Å². The summed E-state index contributed by atoms with van der Waals surface area (Å²) in [6.07, 6.45) is -1.06. The number of carbonyl (C=O) groups excluding carboxylic acids is 1. The zero-order chi connectivity index (χ0) is 11.1. The highest BCUT2D eigenvalue weighted by Crippen LogP contribution is 2.32. The maximum atomic E-state index is 11.6. The van der Waals surface area contributed by atoms with E-state index in [-0.39, 0.29) is 10.8 Å². The van der Waals surface area contributed by atoms with Gasteiger partial charge in [0.1, 0.15) is 0 Å². The van der Waals surface area contributed by atoms with Gasteiger partial charge in [-0.3, -0.25) is 10.0 Å². The molecule has 0 spiro atoms. The fourth-order valence-electron chi connectivity index (χ4n) is 1.68. The molecule has 2 rings (SSSR count). The maximum Gasteiger partial charge on any atom is 0.432 e. The van der Waals surface area contributed by atoms with Crippen LogP contribution >= 0.6 is 11.8 Å². The van der Waals surface area contributed by atoms with Gasteiger partial charge in [0, 0.05) is 5.75 Å². The Kier molecular flexibility index (Phi) is 2.31. The Balaban J connectivity index is 2.40. The van der Waals surface area contributed by atoms with E-state index >= 15 is 0 Å². The molecule has 3 N–H and O–H groups in total.